The molecule has 2 rings (SSSR count). The van der Waals surface area contributed by atoms with Crippen LogP contribution in [0.5, 0.6) is 0 Å². The summed E-state index contributed by atoms with van der Waals surface area (Å²) in [5, 5.41) is 9.32. The van der Waals surface area contributed by atoms with Gasteiger partial charge < -0.3 is 10.0 Å². The second-order valence-corrected chi connectivity index (χ2v) is 6.71. The standard InChI is InChI=1S/C18H21NO3S/c1-19(17(12-13-20)14-6-4-3-5-7-14)18(21)15-8-10-16(11-9-15)23(2)22/h3-11,17,20H,12-13H2,1-2H3. The molecule has 0 fully saturated rings. The number of nitrogens with zero attached hydrogens (tertiary/aromatic N) is 1. The molecular formula is C18H21NO3S. The Morgan fingerprint density at radius 2 is 1.74 bits per heavy atom. The number of rotatable bonds is 6. The average molecular weight is 331 g/mol. The van der Waals surface area contributed by atoms with Gasteiger partial charge >= 0.3 is 0 Å². The monoisotopic (exact) mass is 331 g/mol. The largest absolute Gasteiger partial charge is 0.396 e. The molecule has 0 aliphatic heterocycles. The summed E-state index contributed by atoms with van der Waals surface area (Å²) in [6.45, 7) is 0.00490. The molecule has 2 unspecified atom stereocenters. The zero-order chi connectivity index (χ0) is 16.8. The van der Waals surface area contributed by atoms with Crippen molar-refractivity contribution in [2.24, 2.45) is 0 Å². The third-order valence-corrected chi connectivity index (χ3v) is 4.74. The van der Waals surface area contributed by atoms with E-state index in [9.17, 15) is 14.1 Å². The Morgan fingerprint density at radius 3 is 2.26 bits per heavy atom. The molecule has 0 aromatic heterocycles. The van der Waals surface area contributed by atoms with Crippen molar-refractivity contribution in [2.75, 3.05) is 19.9 Å². The summed E-state index contributed by atoms with van der Waals surface area (Å²) in [4.78, 5) is 15.0. The topological polar surface area (TPSA) is 57.6 Å². The maximum absolute atomic E-state index is 12.7. The molecule has 0 aliphatic carbocycles. The molecular weight excluding hydrogens is 310 g/mol. The van der Waals surface area contributed by atoms with Crippen LogP contribution in [0.15, 0.2) is 59.5 Å². The van der Waals surface area contributed by atoms with Gasteiger partial charge in [-0.1, -0.05) is 30.3 Å². The Bertz CT molecular complexity index is 670. The first-order valence-electron chi connectivity index (χ1n) is 7.41. The fourth-order valence-corrected chi connectivity index (χ4v) is 3.04. The molecule has 0 bridgehead atoms. The van der Waals surface area contributed by atoms with Crippen molar-refractivity contribution in [3.63, 3.8) is 0 Å². The maximum Gasteiger partial charge on any atom is 0.254 e. The number of amides is 1. The van der Waals surface area contributed by atoms with Gasteiger partial charge in [0.15, 0.2) is 0 Å². The minimum Gasteiger partial charge on any atom is -0.396 e. The summed E-state index contributed by atoms with van der Waals surface area (Å²) in [6, 6.07) is 16.3. The molecule has 4 nitrogen and oxygen atoms in total. The second kappa shape index (κ2) is 8.04. The highest BCUT2D eigenvalue weighted by atomic mass is 32.2. The SMILES string of the molecule is CN(C(=O)c1ccc(S(C)=O)cc1)C(CCO)c1ccccc1. The Balaban J connectivity index is 2.23. The summed E-state index contributed by atoms with van der Waals surface area (Å²) in [7, 11) is 0.677. The summed E-state index contributed by atoms with van der Waals surface area (Å²) < 4.78 is 11.4. The van der Waals surface area contributed by atoms with Crippen LogP contribution in [0.2, 0.25) is 0 Å². The van der Waals surface area contributed by atoms with Crippen molar-refractivity contribution in [1.29, 1.82) is 0 Å². The van der Waals surface area contributed by atoms with Crippen LogP contribution in [0.3, 0.4) is 0 Å². The quantitative estimate of drug-likeness (QED) is 0.885. The molecule has 0 spiro atoms. The van der Waals surface area contributed by atoms with E-state index in [-0.39, 0.29) is 18.6 Å². The Morgan fingerprint density at radius 1 is 1.13 bits per heavy atom. The van der Waals surface area contributed by atoms with Crippen molar-refractivity contribution in [1.82, 2.24) is 4.90 Å². The van der Waals surface area contributed by atoms with E-state index in [4.69, 9.17) is 0 Å². The van der Waals surface area contributed by atoms with Crippen molar-refractivity contribution in [2.45, 2.75) is 17.4 Å². The Hall–Kier alpha value is -1.98. The van der Waals surface area contributed by atoms with E-state index in [1.807, 2.05) is 30.3 Å². The number of carbonyl (C=O) groups is 1. The number of aliphatic hydroxyl groups is 1. The lowest BCUT2D eigenvalue weighted by Crippen LogP contribution is -2.31. The molecule has 0 heterocycles. The first-order chi connectivity index (χ1) is 11.0. The van der Waals surface area contributed by atoms with E-state index in [2.05, 4.69) is 0 Å². The van der Waals surface area contributed by atoms with Gasteiger partial charge in [-0.05, 0) is 36.2 Å². The molecule has 122 valence electrons. The van der Waals surface area contributed by atoms with Crippen LogP contribution in [0.1, 0.15) is 28.4 Å². The molecule has 0 saturated carbocycles. The summed E-state index contributed by atoms with van der Waals surface area (Å²) in [6.07, 6.45) is 2.08. The minimum absolute atomic E-state index is 0.00490. The van der Waals surface area contributed by atoms with Gasteiger partial charge in [0.2, 0.25) is 0 Å². The highest BCUT2D eigenvalue weighted by Gasteiger charge is 2.22. The van der Waals surface area contributed by atoms with Gasteiger partial charge in [-0.3, -0.25) is 9.00 Å². The van der Waals surface area contributed by atoms with Crippen LogP contribution >= 0.6 is 0 Å². The smallest absolute Gasteiger partial charge is 0.254 e. The molecule has 0 aliphatic rings. The summed E-state index contributed by atoms with van der Waals surface area (Å²) in [5.41, 5.74) is 1.53. The second-order valence-electron chi connectivity index (χ2n) is 5.33. The Kier molecular flexibility index (Phi) is 6.07. The van der Waals surface area contributed by atoms with Gasteiger partial charge in [-0.25, -0.2) is 0 Å². The van der Waals surface area contributed by atoms with Gasteiger partial charge in [-0.2, -0.15) is 0 Å². The zero-order valence-electron chi connectivity index (χ0n) is 13.3. The van der Waals surface area contributed by atoms with Crippen molar-refractivity contribution in [3.8, 4) is 0 Å². The average Bonchev–Trinajstić information content (AvgIpc) is 2.59. The molecule has 0 radical (unpaired) electrons. The van der Waals surface area contributed by atoms with Crippen LogP contribution in [0.4, 0.5) is 0 Å². The zero-order valence-corrected chi connectivity index (χ0v) is 14.1. The lowest BCUT2D eigenvalue weighted by atomic mass is 10.0. The van der Waals surface area contributed by atoms with Gasteiger partial charge in [0.25, 0.3) is 5.91 Å². The lowest BCUT2D eigenvalue weighted by Gasteiger charge is -2.28. The fraction of sp³-hybridized carbons (Fsp3) is 0.278. The fourth-order valence-electron chi connectivity index (χ4n) is 2.52. The lowest BCUT2D eigenvalue weighted by molar-refractivity contribution is 0.0705. The highest BCUT2D eigenvalue weighted by molar-refractivity contribution is 7.84. The molecule has 23 heavy (non-hydrogen) atoms. The molecule has 2 aromatic carbocycles. The van der Waals surface area contributed by atoms with Crippen molar-refractivity contribution < 1.29 is 14.1 Å². The minimum atomic E-state index is -1.06. The first kappa shape index (κ1) is 17.4. The van der Waals surface area contributed by atoms with E-state index >= 15 is 0 Å². The molecule has 1 amide bonds. The van der Waals surface area contributed by atoms with E-state index in [1.54, 1.807) is 42.5 Å². The van der Waals surface area contributed by atoms with Gasteiger partial charge in [0.05, 0.1) is 6.04 Å². The van der Waals surface area contributed by atoms with E-state index < -0.39 is 10.8 Å². The number of hydrogen-bond donors (Lipinski definition) is 1. The number of benzene rings is 2. The van der Waals surface area contributed by atoms with E-state index in [1.165, 1.54) is 0 Å². The van der Waals surface area contributed by atoms with Crippen LogP contribution in [-0.2, 0) is 10.8 Å². The number of aliphatic hydroxyl groups excluding tert-OH is 1. The maximum atomic E-state index is 12.7. The van der Waals surface area contributed by atoms with Gasteiger partial charge in [0.1, 0.15) is 0 Å². The van der Waals surface area contributed by atoms with E-state index in [0.717, 1.165) is 5.56 Å². The van der Waals surface area contributed by atoms with Gasteiger partial charge in [0, 0.05) is 41.2 Å². The third kappa shape index (κ3) is 4.27. The molecule has 5 heteroatoms. The predicted molar refractivity (Wildman–Crippen MR) is 91.8 cm³/mol. The number of hydrogen-bond acceptors (Lipinski definition) is 3. The number of carbonyl (C=O) groups excluding carboxylic acids is 1. The van der Waals surface area contributed by atoms with Gasteiger partial charge in [-0.15, -0.1) is 0 Å². The van der Waals surface area contributed by atoms with Crippen LogP contribution in [0.25, 0.3) is 0 Å². The van der Waals surface area contributed by atoms with E-state index in [0.29, 0.717) is 16.9 Å². The van der Waals surface area contributed by atoms with Crippen LogP contribution < -0.4 is 0 Å². The molecule has 2 aromatic rings. The molecule has 0 saturated heterocycles. The summed E-state index contributed by atoms with van der Waals surface area (Å²) in [5.74, 6) is -0.124. The molecule has 1 N–H and O–H groups in total. The first-order valence-corrected chi connectivity index (χ1v) is 8.97. The molecule has 2 atom stereocenters. The summed E-state index contributed by atoms with van der Waals surface area (Å²) >= 11 is 0. The normalized spacial score (nSPS) is 13.3. The Labute approximate surface area is 139 Å². The predicted octanol–water partition coefficient (Wildman–Crippen LogP) is 2.62. The van der Waals surface area contributed by atoms with Crippen LogP contribution in [-0.4, -0.2) is 40.0 Å². The van der Waals surface area contributed by atoms with Crippen molar-refractivity contribution >= 4 is 16.7 Å². The third-order valence-electron chi connectivity index (χ3n) is 3.81. The highest BCUT2D eigenvalue weighted by Crippen LogP contribution is 2.24. The van der Waals surface area contributed by atoms with Crippen molar-refractivity contribution in [3.05, 3.63) is 65.7 Å². The van der Waals surface area contributed by atoms with Crippen LogP contribution in [0, 0.1) is 0 Å².